The van der Waals surface area contributed by atoms with Crippen molar-refractivity contribution in [2.45, 2.75) is 44.2 Å². The summed E-state index contributed by atoms with van der Waals surface area (Å²) in [6.07, 6.45) is 7.71. The Labute approximate surface area is 113 Å². The van der Waals surface area contributed by atoms with Gasteiger partial charge in [-0.3, -0.25) is 0 Å². The molecule has 0 amide bonds. The van der Waals surface area contributed by atoms with E-state index in [4.69, 9.17) is 5.73 Å². The Morgan fingerprint density at radius 3 is 2.68 bits per heavy atom. The van der Waals surface area contributed by atoms with E-state index in [1.54, 1.807) is 0 Å². The Hall–Kier alpha value is -1.68. The number of hydrogen-bond acceptors (Lipinski definition) is 3. The monoisotopic (exact) mass is 256 g/mol. The standard InChI is InChI=1S/C15H20N4/c16-14(10-12-6-2-1-3-7-12)15-18-17-11-19(15)13-8-4-5-9-13/h1-3,6-7,11,13-14H,4-5,8-10,16H2. The third-order valence-corrected chi connectivity index (χ3v) is 3.95. The molecule has 4 heteroatoms. The molecule has 1 aromatic carbocycles. The summed E-state index contributed by atoms with van der Waals surface area (Å²) in [4.78, 5) is 0. The van der Waals surface area contributed by atoms with E-state index in [-0.39, 0.29) is 6.04 Å². The Morgan fingerprint density at radius 2 is 1.95 bits per heavy atom. The van der Waals surface area contributed by atoms with Crippen molar-refractivity contribution in [3.8, 4) is 0 Å². The smallest absolute Gasteiger partial charge is 0.150 e. The van der Waals surface area contributed by atoms with Gasteiger partial charge in [0, 0.05) is 6.04 Å². The molecule has 1 fully saturated rings. The molecule has 19 heavy (non-hydrogen) atoms. The Balaban J connectivity index is 1.76. The van der Waals surface area contributed by atoms with Gasteiger partial charge >= 0.3 is 0 Å². The average molecular weight is 256 g/mol. The highest BCUT2D eigenvalue weighted by Crippen LogP contribution is 2.31. The van der Waals surface area contributed by atoms with Gasteiger partial charge in [-0.25, -0.2) is 0 Å². The predicted octanol–water partition coefficient (Wildman–Crippen LogP) is 2.64. The van der Waals surface area contributed by atoms with Crippen molar-refractivity contribution in [3.05, 3.63) is 48.0 Å². The molecule has 1 heterocycles. The lowest BCUT2D eigenvalue weighted by molar-refractivity contribution is 0.474. The highest BCUT2D eigenvalue weighted by atomic mass is 15.3. The van der Waals surface area contributed by atoms with Crippen LogP contribution in [0.5, 0.6) is 0 Å². The molecule has 1 unspecified atom stereocenters. The molecule has 0 aliphatic heterocycles. The van der Waals surface area contributed by atoms with Gasteiger partial charge in [0.05, 0.1) is 6.04 Å². The molecule has 0 spiro atoms. The number of benzene rings is 1. The number of hydrogen-bond donors (Lipinski definition) is 1. The minimum Gasteiger partial charge on any atom is -0.321 e. The number of rotatable bonds is 4. The van der Waals surface area contributed by atoms with Crippen LogP contribution in [-0.4, -0.2) is 14.8 Å². The van der Waals surface area contributed by atoms with Crippen LogP contribution in [0.15, 0.2) is 36.7 Å². The number of nitrogens with two attached hydrogens (primary N) is 1. The van der Waals surface area contributed by atoms with Gasteiger partial charge in [-0.15, -0.1) is 10.2 Å². The normalized spacial score (nSPS) is 17.7. The van der Waals surface area contributed by atoms with E-state index in [9.17, 15) is 0 Å². The van der Waals surface area contributed by atoms with Gasteiger partial charge in [-0.05, 0) is 24.8 Å². The molecule has 1 aromatic heterocycles. The first-order chi connectivity index (χ1) is 9.34. The zero-order valence-electron chi connectivity index (χ0n) is 11.1. The zero-order valence-corrected chi connectivity index (χ0v) is 11.1. The average Bonchev–Trinajstić information content (AvgIpc) is 3.10. The second-order valence-electron chi connectivity index (χ2n) is 5.33. The summed E-state index contributed by atoms with van der Waals surface area (Å²) in [5, 5.41) is 8.31. The van der Waals surface area contributed by atoms with E-state index in [1.165, 1.54) is 31.2 Å². The first-order valence-electron chi connectivity index (χ1n) is 7.03. The molecule has 0 saturated heterocycles. The quantitative estimate of drug-likeness (QED) is 0.915. The van der Waals surface area contributed by atoms with Crippen LogP contribution in [0, 0.1) is 0 Å². The Morgan fingerprint density at radius 1 is 1.21 bits per heavy atom. The predicted molar refractivity (Wildman–Crippen MR) is 74.6 cm³/mol. The minimum absolute atomic E-state index is 0.0782. The summed E-state index contributed by atoms with van der Waals surface area (Å²) in [5.74, 6) is 0.927. The van der Waals surface area contributed by atoms with Crippen LogP contribution in [0.3, 0.4) is 0 Å². The maximum Gasteiger partial charge on any atom is 0.150 e. The number of aromatic nitrogens is 3. The third-order valence-electron chi connectivity index (χ3n) is 3.95. The highest BCUT2D eigenvalue weighted by molar-refractivity contribution is 5.17. The van der Waals surface area contributed by atoms with Crippen molar-refractivity contribution in [1.29, 1.82) is 0 Å². The molecule has 0 bridgehead atoms. The Bertz CT molecular complexity index is 514. The molecule has 0 radical (unpaired) electrons. The topological polar surface area (TPSA) is 56.7 Å². The van der Waals surface area contributed by atoms with Crippen LogP contribution in [0.1, 0.15) is 49.2 Å². The fourth-order valence-electron chi connectivity index (χ4n) is 2.94. The summed E-state index contributed by atoms with van der Waals surface area (Å²) in [6.45, 7) is 0. The van der Waals surface area contributed by atoms with Crippen molar-refractivity contribution in [2.24, 2.45) is 5.73 Å². The van der Waals surface area contributed by atoms with Crippen molar-refractivity contribution in [3.63, 3.8) is 0 Å². The molecular formula is C15H20N4. The maximum atomic E-state index is 6.32. The van der Waals surface area contributed by atoms with Crippen LogP contribution >= 0.6 is 0 Å². The lowest BCUT2D eigenvalue weighted by Gasteiger charge is -2.17. The largest absolute Gasteiger partial charge is 0.321 e. The summed E-state index contributed by atoms with van der Waals surface area (Å²) in [5.41, 5.74) is 7.56. The molecule has 3 rings (SSSR count). The molecular weight excluding hydrogens is 236 g/mol. The summed E-state index contributed by atoms with van der Waals surface area (Å²) in [7, 11) is 0. The van der Waals surface area contributed by atoms with Gasteiger partial charge in [0.2, 0.25) is 0 Å². The molecule has 1 atom stereocenters. The van der Waals surface area contributed by atoms with E-state index in [2.05, 4.69) is 26.9 Å². The van der Waals surface area contributed by atoms with Crippen LogP contribution in [0.4, 0.5) is 0 Å². The Kier molecular flexibility index (Phi) is 3.60. The zero-order chi connectivity index (χ0) is 13.1. The SMILES string of the molecule is NC(Cc1ccccc1)c1nncn1C1CCCC1. The lowest BCUT2D eigenvalue weighted by Crippen LogP contribution is -2.20. The molecule has 100 valence electrons. The third kappa shape index (κ3) is 2.68. The van der Waals surface area contributed by atoms with E-state index in [1.807, 2.05) is 24.5 Å². The molecule has 1 saturated carbocycles. The van der Waals surface area contributed by atoms with Gasteiger partial charge < -0.3 is 10.3 Å². The van der Waals surface area contributed by atoms with E-state index in [0.29, 0.717) is 6.04 Å². The van der Waals surface area contributed by atoms with Crippen molar-refractivity contribution < 1.29 is 0 Å². The summed E-state index contributed by atoms with van der Waals surface area (Å²) in [6, 6.07) is 10.8. The van der Waals surface area contributed by atoms with E-state index in [0.717, 1.165) is 12.2 Å². The second kappa shape index (κ2) is 5.53. The van der Waals surface area contributed by atoms with E-state index >= 15 is 0 Å². The van der Waals surface area contributed by atoms with Crippen LogP contribution in [0.2, 0.25) is 0 Å². The highest BCUT2D eigenvalue weighted by Gasteiger charge is 2.22. The van der Waals surface area contributed by atoms with Crippen LogP contribution in [-0.2, 0) is 6.42 Å². The van der Waals surface area contributed by atoms with Gasteiger partial charge in [0.15, 0.2) is 0 Å². The molecule has 1 aliphatic rings. The minimum atomic E-state index is -0.0782. The lowest BCUT2D eigenvalue weighted by atomic mass is 10.1. The van der Waals surface area contributed by atoms with Crippen LogP contribution in [0.25, 0.3) is 0 Å². The van der Waals surface area contributed by atoms with Crippen molar-refractivity contribution in [1.82, 2.24) is 14.8 Å². The number of nitrogens with zero attached hydrogens (tertiary/aromatic N) is 3. The van der Waals surface area contributed by atoms with E-state index < -0.39 is 0 Å². The van der Waals surface area contributed by atoms with Gasteiger partial charge in [0.25, 0.3) is 0 Å². The van der Waals surface area contributed by atoms with Crippen molar-refractivity contribution in [2.75, 3.05) is 0 Å². The summed E-state index contributed by atoms with van der Waals surface area (Å²) >= 11 is 0. The first kappa shape index (κ1) is 12.4. The fourth-order valence-corrected chi connectivity index (χ4v) is 2.94. The van der Waals surface area contributed by atoms with Gasteiger partial charge in [-0.1, -0.05) is 43.2 Å². The van der Waals surface area contributed by atoms with Gasteiger partial charge in [-0.2, -0.15) is 0 Å². The first-order valence-corrected chi connectivity index (χ1v) is 7.03. The summed E-state index contributed by atoms with van der Waals surface area (Å²) < 4.78 is 2.20. The van der Waals surface area contributed by atoms with Gasteiger partial charge in [0.1, 0.15) is 12.2 Å². The molecule has 1 aliphatic carbocycles. The second-order valence-corrected chi connectivity index (χ2v) is 5.33. The molecule has 2 N–H and O–H groups in total. The fraction of sp³-hybridized carbons (Fsp3) is 0.467. The van der Waals surface area contributed by atoms with Crippen LogP contribution < -0.4 is 5.73 Å². The van der Waals surface area contributed by atoms with Crippen molar-refractivity contribution >= 4 is 0 Å². The molecule has 2 aromatic rings. The molecule has 4 nitrogen and oxygen atoms in total. The maximum absolute atomic E-state index is 6.32.